The number of hydrogen-bond donors (Lipinski definition) is 2. The maximum absolute atomic E-state index is 12.2. The molecule has 4 rings (SSSR count). The van der Waals surface area contributed by atoms with Gasteiger partial charge in [-0.1, -0.05) is 66.7 Å². The van der Waals surface area contributed by atoms with Crippen LogP contribution in [0.4, 0.5) is 4.79 Å². The second-order valence-electron chi connectivity index (χ2n) is 7.03. The molecular formula is C24H24N4O. The minimum atomic E-state index is -0.149. The van der Waals surface area contributed by atoms with Crippen LogP contribution in [0.5, 0.6) is 0 Å². The molecule has 5 nitrogen and oxygen atoms in total. The van der Waals surface area contributed by atoms with Crippen LogP contribution in [0, 0.1) is 0 Å². The van der Waals surface area contributed by atoms with Crippen molar-refractivity contribution in [1.82, 2.24) is 20.4 Å². The lowest BCUT2D eigenvalue weighted by Crippen LogP contribution is -2.36. The summed E-state index contributed by atoms with van der Waals surface area (Å²) in [6.45, 7) is 1.10. The van der Waals surface area contributed by atoms with Crippen molar-refractivity contribution in [2.24, 2.45) is 7.05 Å². The molecule has 0 bridgehead atoms. The highest BCUT2D eigenvalue weighted by atomic mass is 16.2. The van der Waals surface area contributed by atoms with E-state index >= 15 is 0 Å². The summed E-state index contributed by atoms with van der Waals surface area (Å²) in [5.41, 5.74) is 4.52. The first-order valence-corrected chi connectivity index (χ1v) is 9.76. The number of amides is 2. The molecular weight excluding hydrogens is 360 g/mol. The van der Waals surface area contributed by atoms with E-state index in [0.717, 1.165) is 23.2 Å². The molecule has 2 amide bonds. The number of nitrogens with one attached hydrogen (secondary N) is 2. The Bertz CT molecular complexity index is 1110. The molecule has 0 unspecified atom stereocenters. The van der Waals surface area contributed by atoms with Gasteiger partial charge in [0.25, 0.3) is 0 Å². The highest BCUT2D eigenvalue weighted by molar-refractivity contribution is 5.86. The van der Waals surface area contributed by atoms with Gasteiger partial charge in [0.15, 0.2) is 0 Å². The van der Waals surface area contributed by atoms with E-state index in [4.69, 9.17) is 0 Å². The maximum atomic E-state index is 12.2. The third-order valence-corrected chi connectivity index (χ3v) is 5.09. The monoisotopic (exact) mass is 384 g/mol. The Morgan fingerprint density at radius 1 is 0.931 bits per heavy atom. The average Bonchev–Trinajstić information content (AvgIpc) is 3.18. The van der Waals surface area contributed by atoms with Gasteiger partial charge in [0.05, 0.1) is 5.69 Å². The molecule has 0 fully saturated rings. The van der Waals surface area contributed by atoms with Gasteiger partial charge in [0.2, 0.25) is 0 Å². The van der Waals surface area contributed by atoms with Crippen molar-refractivity contribution in [3.8, 4) is 11.3 Å². The number of rotatable bonds is 6. The number of carbonyl (C=O) groups excluding carboxylic acids is 1. The van der Waals surface area contributed by atoms with E-state index in [1.807, 2.05) is 42.1 Å². The Balaban J connectivity index is 1.26. The van der Waals surface area contributed by atoms with Crippen LogP contribution in [0.25, 0.3) is 22.0 Å². The molecule has 0 saturated carbocycles. The van der Waals surface area contributed by atoms with E-state index < -0.39 is 0 Å². The van der Waals surface area contributed by atoms with Crippen LogP contribution < -0.4 is 10.6 Å². The first-order chi connectivity index (χ1) is 14.2. The lowest BCUT2D eigenvalue weighted by molar-refractivity contribution is 0.240. The van der Waals surface area contributed by atoms with E-state index in [1.54, 1.807) is 6.20 Å². The molecule has 0 aliphatic heterocycles. The van der Waals surface area contributed by atoms with Gasteiger partial charge < -0.3 is 10.6 Å². The van der Waals surface area contributed by atoms with Crippen LogP contribution in [0.15, 0.2) is 79.0 Å². The fraction of sp³-hybridized carbons (Fsp3) is 0.167. The predicted octanol–water partition coefficient (Wildman–Crippen LogP) is 4.28. The van der Waals surface area contributed by atoms with E-state index in [0.29, 0.717) is 13.1 Å². The van der Waals surface area contributed by atoms with Gasteiger partial charge >= 0.3 is 6.03 Å². The van der Waals surface area contributed by atoms with Crippen LogP contribution in [0.2, 0.25) is 0 Å². The smallest absolute Gasteiger partial charge is 0.315 e. The highest BCUT2D eigenvalue weighted by Gasteiger charge is 2.05. The van der Waals surface area contributed by atoms with Crippen LogP contribution in [0.3, 0.4) is 0 Å². The molecule has 0 radical (unpaired) electrons. The molecule has 0 aliphatic rings. The Hall–Kier alpha value is -3.60. The van der Waals surface area contributed by atoms with Crippen LogP contribution >= 0.6 is 0 Å². The van der Waals surface area contributed by atoms with Crippen LogP contribution in [0.1, 0.15) is 11.1 Å². The third kappa shape index (κ3) is 4.46. The average molecular weight is 384 g/mol. The number of nitrogens with zero attached hydrogens (tertiary/aromatic N) is 2. The summed E-state index contributed by atoms with van der Waals surface area (Å²) in [5, 5.41) is 12.4. The lowest BCUT2D eigenvalue weighted by Gasteiger charge is -2.10. The summed E-state index contributed by atoms with van der Waals surface area (Å²) in [7, 11) is 1.93. The quantitative estimate of drug-likeness (QED) is 0.521. The van der Waals surface area contributed by atoms with Crippen molar-refractivity contribution in [2.45, 2.75) is 13.0 Å². The van der Waals surface area contributed by atoms with Gasteiger partial charge in [-0.25, -0.2) is 4.79 Å². The molecule has 0 spiro atoms. The minimum Gasteiger partial charge on any atom is -0.338 e. The maximum Gasteiger partial charge on any atom is 0.315 e. The van der Waals surface area contributed by atoms with Crippen molar-refractivity contribution in [3.05, 3.63) is 90.1 Å². The summed E-state index contributed by atoms with van der Waals surface area (Å²) >= 11 is 0. The molecule has 1 heterocycles. The van der Waals surface area contributed by atoms with E-state index in [1.165, 1.54) is 16.3 Å². The zero-order chi connectivity index (χ0) is 20.1. The Labute approximate surface area is 170 Å². The fourth-order valence-corrected chi connectivity index (χ4v) is 3.50. The zero-order valence-corrected chi connectivity index (χ0v) is 16.4. The molecule has 5 heteroatoms. The van der Waals surface area contributed by atoms with Gasteiger partial charge in [0.1, 0.15) is 0 Å². The van der Waals surface area contributed by atoms with Gasteiger partial charge in [-0.2, -0.15) is 5.10 Å². The highest BCUT2D eigenvalue weighted by Crippen LogP contribution is 2.19. The Morgan fingerprint density at radius 2 is 1.72 bits per heavy atom. The third-order valence-electron chi connectivity index (χ3n) is 5.09. The van der Waals surface area contributed by atoms with E-state index in [-0.39, 0.29) is 6.03 Å². The second-order valence-corrected chi connectivity index (χ2v) is 7.03. The number of benzene rings is 3. The molecule has 146 valence electrons. The molecule has 0 aliphatic carbocycles. The van der Waals surface area contributed by atoms with Gasteiger partial charge in [-0.3, -0.25) is 4.68 Å². The molecule has 2 N–H and O–H groups in total. The Kier molecular flexibility index (Phi) is 5.56. The largest absolute Gasteiger partial charge is 0.338 e. The van der Waals surface area contributed by atoms with Crippen LogP contribution in [-0.2, 0) is 20.0 Å². The van der Waals surface area contributed by atoms with Gasteiger partial charge in [0, 0.05) is 26.3 Å². The second kappa shape index (κ2) is 8.61. The molecule has 3 aromatic carbocycles. The minimum absolute atomic E-state index is 0.149. The topological polar surface area (TPSA) is 59.0 Å². The van der Waals surface area contributed by atoms with Crippen molar-refractivity contribution < 1.29 is 4.79 Å². The van der Waals surface area contributed by atoms with Gasteiger partial charge in [-0.15, -0.1) is 0 Å². The zero-order valence-electron chi connectivity index (χ0n) is 16.4. The molecule has 4 aromatic rings. The molecule has 0 saturated heterocycles. The number of aromatic nitrogens is 2. The number of carbonyl (C=O) groups is 1. The number of fused-ring (bicyclic) bond motifs is 1. The summed E-state index contributed by atoms with van der Waals surface area (Å²) in [6.07, 6.45) is 2.58. The number of hydrogen-bond acceptors (Lipinski definition) is 2. The standard InChI is InChI=1S/C24H24N4O/c1-28-23(14-16-27-28)20-11-9-18(10-12-20)13-15-25-24(29)26-17-21-7-4-6-19-5-2-3-8-22(19)21/h2-12,14,16H,13,15,17H2,1H3,(H2,25,26,29). The van der Waals surface area contributed by atoms with Crippen molar-refractivity contribution in [1.29, 1.82) is 0 Å². The van der Waals surface area contributed by atoms with E-state index in [2.05, 4.69) is 58.2 Å². The summed E-state index contributed by atoms with van der Waals surface area (Å²) < 4.78 is 1.86. The first-order valence-electron chi connectivity index (χ1n) is 9.76. The van der Waals surface area contributed by atoms with Crippen molar-refractivity contribution in [3.63, 3.8) is 0 Å². The fourth-order valence-electron chi connectivity index (χ4n) is 3.50. The summed E-state index contributed by atoms with van der Waals surface area (Å²) in [4.78, 5) is 12.2. The Morgan fingerprint density at radius 3 is 2.52 bits per heavy atom. The van der Waals surface area contributed by atoms with Crippen molar-refractivity contribution in [2.75, 3.05) is 6.54 Å². The molecule has 1 aromatic heterocycles. The number of urea groups is 1. The lowest BCUT2D eigenvalue weighted by atomic mass is 10.0. The first kappa shape index (κ1) is 18.7. The van der Waals surface area contributed by atoms with Gasteiger partial charge in [-0.05, 0) is 39.9 Å². The number of aryl methyl sites for hydroxylation is 1. The predicted molar refractivity (Wildman–Crippen MR) is 117 cm³/mol. The van der Waals surface area contributed by atoms with Crippen LogP contribution in [-0.4, -0.2) is 22.4 Å². The van der Waals surface area contributed by atoms with E-state index in [9.17, 15) is 4.79 Å². The molecule has 29 heavy (non-hydrogen) atoms. The summed E-state index contributed by atoms with van der Waals surface area (Å²) in [6, 6.07) is 24.6. The summed E-state index contributed by atoms with van der Waals surface area (Å²) in [5.74, 6) is 0. The molecule has 0 atom stereocenters. The van der Waals surface area contributed by atoms with Crippen molar-refractivity contribution >= 4 is 16.8 Å². The normalized spacial score (nSPS) is 10.8. The SMILES string of the molecule is Cn1nccc1-c1ccc(CCNC(=O)NCc2cccc3ccccc23)cc1.